The predicted molar refractivity (Wildman–Crippen MR) is 81.9 cm³/mol. The second kappa shape index (κ2) is 6.40. The van der Waals surface area contributed by atoms with E-state index in [1.807, 2.05) is 18.2 Å². The van der Waals surface area contributed by atoms with E-state index in [1.54, 1.807) is 0 Å². The molecule has 110 valence electrons. The zero-order valence-corrected chi connectivity index (χ0v) is 12.7. The first-order valence-electron chi connectivity index (χ1n) is 7.44. The summed E-state index contributed by atoms with van der Waals surface area (Å²) in [5.74, 6) is 0.461. The summed E-state index contributed by atoms with van der Waals surface area (Å²) in [5.41, 5.74) is 2.13. The summed E-state index contributed by atoms with van der Waals surface area (Å²) in [6.45, 7) is 8.03. The van der Waals surface area contributed by atoms with E-state index < -0.39 is 0 Å². The fourth-order valence-electron chi connectivity index (χ4n) is 2.68. The Hall–Kier alpha value is -1.35. The Balaban J connectivity index is 2.00. The Labute approximate surface area is 121 Å². The molecule has 2 rings (SSSR count). The monoisotopic (exact) mass is 275 g/mol. The highest BCUT2D eigenvalue weighted by Crippen LogP contribution is 2.29. The van der Waals surface area contributed by atoms with Crippen LogP contribution < -0.4 is 5.32 Å². The highest BCUT2D eigenvalue weighted by Gasteiger charge is 2.21. The summed E-state index contributed by atoms with van der Waals surface area (Å²) >= 11 is 0. The van der Waals surface area contributed by atoms with Crippen molar-refractivity contribution in [3.63, 3.8) is 0 Å². The van der Waals surface area contributed by atoms with E-state index in [1.165, 1.54) is 5.56 Å². The summed E-state index contributed by atoms with van der Waals surface area (Å²) < 4.78 is 5.43. The lowest BCUT2D eigenvalue weighted by atomic mass is 9.85. The van der Waals surface area contributed by atoms with Gasteiger partial charge in [0.05, 0.1) is 0 Å². The molecule has 3 heteroatoms. The van der Waals surface area contributed by atoms with Gasteiger partial charge in [-0.2, -0.15) is 0 Å². The third-order valence-corrected chi connectivity index (χ3v) is 3.74. The molecule has 3 nitrogen and oxygen atoms in total. The molecule has 1 saturated heterocycles. The van der Waals surface area contributed by atoms with Gasteiger partial charge < -0.3 is 10.1 Å². The molecule has 1 aromatic rings. The van der Waals surface area contributed by atoms with Gasteiger partial charge in [-0.1, -0.05) is 39.0 Å². The molecule has 0 aliphatic carbocycles. The van der Waals surface area contributed by atoms with E-state index >= 15 is 0 Å². The third kappa shape index (κ3) is 4.07. The lowest BCUT2D eigenvalue weighted by Crippen LogP contribution is -2.24. The fourth-order valence-corrected chi connectivity index (χ4v) is 2.68. The molecular formula is C17H25NO2. The molecular weight excluding hydrogens is 250 g/mol. The lowest BCUT2D eigenvalue weighted by Gasteiger charge is -2.24. The van der Waals surface area contributed by atoms with E-state index in [0.717, 1.165) is 25.1 Å². The van der Waals surface area contributed by atoms with Crippen LogP contribution in [-0.2, 0) is 14.9 Å². The lowest BCUT2D eigenvalue weighted by molar-refractivity contribution is -0.118. The minimum Gasteiger partial charge on any atom is -0.381 e. The molecule has 0 bridgehead atoms. The number of nitrogens with one attached hydrogen (secondary N) is 1. The van der Waals surface area contributed by atoms with Crippen LogP contribution >= 0.6 is 0 Å². The second-order valence-corrected chi connectivity index (χ2v) is 6.63. The van der Waals surface area contributed by atoms with Gasteiger partial charge in [-0.25, -0.2) is 0 Å². The van der Waals surface area contributed by atoms with Crippen molar-refractivity contribution in [3.8, 4) is 0 Å². The van der Waals surface area contributed by atoms with Crippen LogP contribution in [0.2, 0.25) is 0 Å². The Kier molecular flexibility index (Phi) is 4.81. The topological polar surface area (TPSA) is 38.3 Å². The first kappa shape index (κ1) is 15.0. The van der Waals surface area contributed by atoms with Gasteiger partial charge in [0.2, 0.25) is 5.91 Å². The third-order valence-electron chi connectivity index (χ3n) is 3.74. The molecule has 0 saturated carbocycles. The second-order valence-electron chi connectivity index (χ2n) is 6.63. The number of carbonyl (C=O) groups is 1. The summed E-state index contributed by atoms with van der Waals surface area (Å²) in [7, 11) is 0. The van der Waals surface area contributed by atoms with Gasteiger partial charge in [0.25, 0.3) is 0 Å². The molecule has 0 radical (unpaired) electrons. The van der Waals surface area contributed by atoms with E-state index in [2.05, 4.69) is 32.2 Å². The first-order chi connectivity index (χ1) is 9.47. The van der Waals surface area contributed by atoms with Crippen LogP contribution in [0.3, 0.4) is 0 Å². The number of ether oxygens (including phenoxy) is 1. The fraction of sp³-hybridized carbons (Fsp3) is 0.588. The van der Waals surface area contributed by atoms with Gasteiger partial charge in [0.15, 0.2) is 0 Å². The molecule has 1 unspecified atom stereocenters. The molecule has 0 aromatic heterocycles. The number of carbonyl (C=O) groups excluding carboxylic acids is 1. The maximum Gasteiger partial charge on any atom is 0.224 e. The van der Waals surface area contributed by atoms with E-state index in [9.17, 15) is 4.79 Å². The van der Waals surface area contributed by atoms with Gasteiger partial charge in [-0.15, -0.1) is 0 Å². The Morgan fingerprint density at radius 3 is 2.75 bits per heavy atom. The number of para-hydroxylation sites is 1. The minimum absolute atomic E-state index is 0.0256. The van der Waals surface area contributed by atoms with Crippen LogP contribution in [0.1, 0.15) is 45.6 Å². The number of hydrogen-bond donors (Lipinski definition) is 1. The van der Waals surface area contributed by atoms with Crippen molar-refractivity contribution in [2.75, 3.05) is 18.5 Å². The summed E-state index contributed by atoms with van der Waals surface area (Å²) in [5, 5.41) is 3.07. The normalized spacial score (nSPS) is 19.6. The highest BCUT2D eigenvalue weighted by molar-refractivity contribution is 5.91. The molecule has 1 aliphatic rings. The number of anilines is 1. The number of hydrogen-bond acceptors (Lipinski definition) is 2. The van der Waals surface area contributed by atoms with Gasteiger partial charge in [0.1, 0.15) is 0 Å². The summed E-state index contributed by atoms with van der Waals surface area (Å²) in [6, 6.07) is 8.05. The molecule has 1 aromatic carbocycles. The number of amides is 1. The predicted octanol–water partition coefficient (Wildman–Crippen LogP) is 3.74. The van der Waals surface area contributed by atoms with Gasteiger partial charge in [-0.05, 0) is 35.8 Å². The largest absolute Gasteiger partial charge is 0.381 e. The molecule has 1 aliphatic heterocycles. The van der Waals surface area contributed by atoms with Crippen molar-refractivity contribution in [2.45, 2.75) is 45.4 Å². The summed E-state index contributed by atoms with van der Waals surface area (Å²) in [4.78, 5) is 12.2. The molecule has 0 spiro atoms. The average molecular weight is 275 g/mol. The van der Waals surface area contributed by atoms with Crippen LogP contribution in [0.15, 0.2) is 24.3 Å². The zero-order valence-electron chi connectivity index (χ0n) is 12.7. The van der Waals surface area contributed by atoms with E-state index in [0.29, 0.717) is 18.9 Å². The Morgan fingerprint density at radius 1 is 1.35 bits per heavy atom. The van der Waals surface area contributed by atoms with Gasteiger partial charge >= 0.3 is 0 Å². The van der Waals surface area contributed by atoms with Crippen molar-refractivity contribution in [2.24, 2.45) is 5.92 Å². The molecule has 20 heavy (non-hydrogen) atoms. The number of benzene rings is 1. The molecule has 1 atom stereocenters. The minimum atomic E-state index is 0.0256. The van der Waals surface area contributed by atoms with Crippen LogP contribution in [0.5, 0.6) is 0 Å². The zero-order chi connectivity index (χ0) is 14.6. The van der Waals surface area contributed by atoms with Crippen molar-refractivity contribution < 1.29 is 9.53 Å². The quantitative estimate of drug-likeness (QED) is 0.912. The molecule has 1 amide bonds. The number of rotatable bonds is 3. The maximum absolute atomic E-state index is 12.2. The van der Waals surface area contributed by atoms with Crippen molar-refractivity contribution in [1.29, 1.82) is 0 Å². The van der Waals surface area contributed by atoms with Crippen LogP contribution in [-0.4, -0.2) is 19.1 Å². The smallest absolute Gasteiger partial charge is 0.224 e. The Bertz CT molecular complexity index is 456. The van der Waals surface area contributed by atoms with Crippen LogP contribution in [0.4, 0.5) is 5.69 Å². The van der Waals surface area contributed by atoms with Crippen molar-refractivity contribution in [3.05, 3.63) is 29.8 Å². The molecule has 1 N–H and O–H groups in total. The maximum atomic E-state index is 12.2. The van der Waals surface area contributed by atoms with Crippen molar-refractivity contribution >= 4 is 11.6 Å². The van der Waals surface area contributed by atoms with Crippen LogP contribution in [0.25, 0.3) is 0 Å². The standard InChI is InChI=1S/C17H25NO2/c1-17(2,3)14-8-4-5-9-15(14)18-16(19)11-13-7-6-10-20-12-13/h4-5,8-9,13H,6-7,10-12H2,1-3H3,(H,18,19). The first-order valence-corrected chi connectivity index (χ1v) is 7.44. The van der Waals surface area contributed by atoms with E-state index in [4.69, 9.17) is 4.74 Å². The van der Waals surface area contributed by atoms with Crippen molar-refractivity contribution in [1.82, 2.24) is 0 Å². The average Bonchev–Trinajstić information content (AvgIpc) is 2.39. The molecule has 1 fully saturated rings. The summed E-state index contributed by atoms with van der Waals surface area (Å²) in [6.07, 6.45) is 2.71. The Morgan fingerprint density at radius 2 is 2.10 bits per heavy atom. The highest BCUT2D eigenvalue weighted by atomic mass is 16.5. The SMILES string of the molecule is CC(C)(C)c1ccccc1NC(=O)CC1CCCOC1. The van der Waals surface area contributed by atoms with Gasteiger partial charge in [-0.3, -0.25) is 4.79 Å². The molecule has 1 heterocycles. The van der Waals surface area contributed by atoms with Gasteiger partial charge in [0, 0.05) is 25.3 Å². The van der Waals surface area contributed by atoms with Crippen LogP contribution in [0, 0.1) is 5.92 Å². The van der Waals surface area contributed by atoms with E-state index in [-0.39, 0.29) is 11.3 Å².